The van der Waals surface area contributed by atoms with Crippen LogP contribution in [0.4, 0.5) is 16.2 Å². The van der Waals surface area contributed by atoms with Crippen molar-refractivity contribution in [1.29, 1.82) is 0 Å². The maximum absolute atomic E-state index is 12.9. The summed E-state index contributed by atoms with van der Waals surface area (Å²) in [4.78, 5) is 48.7. The van der Waals surface area contributed by atoms with E-state index in [0.717, 1.165) is 10.5 Å². The van der Waals surface area contributed by atoms with Crippen LogP contribution in [0.1, 0.15) is 18.1 Å². The molecule has 144 valence electrons. The van der Waals surface area contributed by atoms with Crippen LogP contribution in [-0.4, -0.2) is 34.2 Å². The third-order valence-corrected chi connectivity index (χ3v) is 4.51. The third-order valence-electron chi connectivity index (χ3n) is 4.51. The number of nitrogens with one attached hydrogen (secondary N) is 2. The van der Waals surface area contributed by atoms with Gasteiger partial charge in [-0.3, -0.25) is 24.6 Å². The van der Waals surface area contributed by atoms with Crippen LogP contribution in [0.15, 0.2) is 48.5 Å². The number of imide groups is 1. The lowest BCUT2D eigenvalue weighted by molar-refractivity contribution is -0.385. The predicted octanol–water partition coefficient (Wildman–Crippen LogP) is 2.31. The van der Waals surface area contributed by atoms with Gasteiger partial charge in [0.15, 0.2) is 0 Å². The zero-order chi connectivity index (χ0) is 20.5. The van der Waals surface area contributed by atoms with Gasteiger partial charge in [0.1, 0.15) is 12.1 Å². The van der Waals surface area contributed by atoms with E-state index in [1.165, 1.54) is 31.2 Å². The van der Waals surface area contributed by atoms with Gasteiger partial charge in [-0.25, -0.2) is 4.79 Å². The quantitative estimate of drug-likeness (QED) is 0.467. The Labute approximate surface area is 160 Å². The van der Waals surface area contributed by atoms with Gasteiger partial charge in [0.25, 0.3) is 11.6 Å². The summed E-state index contributed by atoms with van der Waals surface area (Å²) in [6, 6.07) is 11.8. The number of hydrogen-bond donors (Lipinski definition) is 2. The molecule has 0 aromatic heterocycles. The van der Waals surface area contributed by atoms with E-state index in [1.807, 2.05) is 13.0 Å². The van der Waals surface area contributed by atoms with Gasteiger partial charge < -0.3 is 10.6 Å². The fraction of sp³-hybridized carbons (Fsp3) is 0.211. The Hall–Kier alpha value is -3.75. The number of aryl methyl sites for hydroxylation is 1. The molecule has 0 radical (unpaired) electrons. The van der Waals surface area contributed by atoms with E-state index in [2.05, 4.69) is 10.6 Å². The molecule has 1 heterocycles. The van der Waals surface area contributed by atoms with Crippen LogP contribution in [0.2, 0.25) is 0 Å². The number of amides is 4. The Balaban J connectivity index is 1.78. The van der Waals surface area contributed by atoms with Crippen molar-refractivity contribution in [3.63, 3.8) is 0 Å². The van der Waals surface area contributed by atoms with Gasteiger partial charge in [0, 0.05) is 17.8 Å². The number of hydrogen-bond acceptors (Lipinski definition) is 5. The minimum atomic E-state index is -1.49. The summed E-state index contributed by atoms with van der Waals surface area (Å²) in [5, 5.41) is 16.2. The standard InChI is InChI=1S/C19H18N4O5/c1-12-5-3-7-14(9-12)20-16(24)11-22-17(25)19(2,21-18(22)26)13-6-4-8-15(10-13)23(27)28/h3-10H,11H2,1-2H3,(H,20,24)(H,21,26). The van der Waals surface area contributed by atoms with Crippen LogP contribution in [0.25, 0.3) is 0 Å². The second kappa shape index (κ2) is 7.10. The molecule has 1 aliphatic rings. The topological polar surface area (TPSA) is 122 Å². The van der Waals surface area contributed by atoms with Crippen molar-refractivity contribution in [2.24, 2.45) is 0 Å². The smallest absolute Gasteiger partial charge is 0.325 e. The highest BCUT2D eigenvalue weighted by atomic mass is 16.6. The van der Waals surface area contributed by atoms with Crippen molar-refractivity contribution in [2.45, 2.75) is 19.4 Å². The lowest BCUT2D eigenvalue weighted by Gasteiger charge is -2.22. The van der Waals surface area contributed by atoms with E-state index in [4.69, 9.17) is 0 Å². The van der Waals surface area contributed by atoms with Gasteiger partial charge in [-0.2, -0.15) is 0 Å². The van der Waals surface area contributed by atoms with Crippen molar-refractivity contribution in [3.8, 4) is 0 Å². The van der Waals surface area contributed by atoms with Crippen molar-refractivity contribution in [3.05, 3.63) is 69.8 Å². The van der Waals surface area contributed by atoms with E-state index < -0.39 is 34.9 Å². The molecule has 0 aliphatic carbocycles. The largest absolute Gasteiger partial charge is 0.325 e. The molecule has 1 fully saturated rings. The summed E-state index contributed by atoms with van der Waals surface area (Å²) in [5.74, 6) is -1.19. The van der Waals surface area contributed by atoms with Crippen LogP contribution in [0.3, 0.4) is 0 Å². The number of benzene rings is 2. The maximum Gasteiger partial charge on any atom is 0.325 e. The summed E-state index contributed by atoms with van der Waals surface area (Å²) in [5.41, 5.74) is 0.0785. The molecule has 0 saturated carbocycles. The minimum absolute atomic E-state index is 0.198. The lowest BCUT2D eigenvalue weighted by atomic mass is 9.91. The Morgan fingerprint density at radius 1 is 1.21 bits per heavy atom. The number of urea groups is 1. The second-order valence-corrected chi connectivity index (χ2v) is 6.67. The number of nitrogens with zero attached hydrogens (tertiary/aromatic N) is 2. The molecular weight excluding hydrogens is 364 g/mol. The average molecular weight is 382 g/mol. The van der Waals surface area contributed by atoms with E-state index in [9.17, 15) is 24.5 Å². The van der Waals surface area contributed by atoms with Gasteiger partial charge in [0.2, 0.25) is 5.91 Å². The van der Waals surface area contributed by atoms with E-state index in [0.29, 0.717) is 5.69 Å². The highest BCUT2D eigenvalue weighted by Crippen LogP contribution is 2.30. The number of non-ortho nitro benzene ring substituents is 1. The molecule has 1 unspecified atom stereocenters. The van der Waals surface area contributed by atoms with Gasteiger partial charge in [0.05, 0.1) is 4.92 Å². The number of anilines is 1. The molecule has 0 spiro atoms. The lowest BCUT2D eigenvalue weighted by Crippen LogP contribution is -2.42. The number of carbonyl (C=O) groups is 3. The summed E-state index contributed by atoms with van der Waals surface area (Å²) in [6.45, 7) is 2.85. The van der Waals surface area contributed by atoms with Gasteiger partial charge >= 0.3 is 6.03 Å². The Bertz CT molecular complexity index is 990. The zero-order valence-corrected chi connectivity index (χ0v) is 15.3. The van der Waals surface area contributed by atoms with Crippen molar-refractivity contribution in [2.75, 3.05) is 11.9 Å². The first-order valence-electron chi connectivity index (χ1n) is 8.46. The van der Waals surface area contributed by atoms with Crippen LogP contribution < -0.4 is 10.6 Å². The second-order valence-electron chi connectivity index (χ2n) is 6.67. The number of nitro groups is 1. The summed E-state index contributed by atoms with van der Waals surface area (Å²) < 4.78 is 0. The number of carbonyl (C=O) groups excluding carboxylic acids is 3. The molecule has 1 atom stereocenters. The van der Waals surface area contributed by atoms with Gasteiger partial charge in [-0.15, -0.1) is 0 Å². The molecule has 9 nitrogen and oxygen atoms in total. The summed E-state index contributed by atoms with van der Waals surface area (Å²) in [6.07, 6.45) is 0. The molecule has 1 aliphatic heterocycles. The molecule has 2 N–H and O–H groups in total. The van der Waals surface area contributed by atoms with Crippen LogP contribution in [0, 0.1) is 17.0 Å². The molecule has 9 heteroatoms. The molecule has 2 aromatic carbocycles. The Morgan fingerprint density at radius 3 is 2.61 bits per heavy atom. The van der Waals surface area contributed by atoms with Crippen molar-refractivity contribution < 1.29 is 19.3 Å². The SMILES string of the molecule is Cc1cccc(NC(=O)CN2C(=O)NC(C)(c3cccc([N+](=O)[O-])c3)C2=O)c1. The highest BCUT2D eigenvalue weighted by Gasteiger charge is 2.49. The summed E-state index contributed by atoms with van der Waals surface area (Å²) >= 11 is 0. The van der Waals surface area contributed by atoms with E-state index in [1.54, 1.807) is 18.2 Å². The zero-order valence-electron chi connectivity index (χ0n) is 15.3. The molecular formula is C19H18N4O5. The van der Waals surface area contributed by atoms with Crippen molar-refractivity contribution >= 4 is 29.2 Å². The third kappa shape index (κ3) is 3.54. The molecule has 4 amide bonds. The first-order chi connectivity index (χ1) is 13.2. The Morgan fingerprint density at radius 2 is 1.93 bits per heavy atom. The molecule has 0 bridgehead atoms. The molecule has 28 heavy (non-hydrogen) atoms. The number of rotatable bonds is 5. The molecule has 3 rings (SSSR count). The fourth-order valence-electron chi connectivity index (χ4n) is 3.03. The highest BCUT2D eigenvalue weighted by molar-refractivity contribution is 6.10. The molecule has 1 saturated heterocycles. The van der Waals surface area contributed by atoms with Gasteiger partial charge in [-0.1, -0.05) is 24.3 Å². The average Bonchev–Trinajstić information content (AvgIpc) is 2.86. The minimum Gasteiger partial charge on any atom is -0.325 e. The van der Waals surface area contributed by atoms with Crippen LogP contribution in [-0.2, 0) is 15.1 Å². The van der Waals surface area contributed by atoms with Gasteiger partial charge in [-0.05, 0) is 37.1 Å². The molecule has 2 aromatic rings. The number of nitro benzene ring substituents is 1. The van der Waals surface area contributed by atoms with E-state index in [-0.39, 0.29) is 11.3 Å². The summed E-state index contributed by atoms with van der Waals surface area (Å²) in [7, 11) is 0. The predicted molar refractivity (Wildman–Crippen MR) is 101 cm³/mol. The first kappa shape index (κ1) is 19.0. The van der Waals surface area contributed by atoms with E-state index >= 15 is 0 Å². The first-order valence-corrected chi connectivity index (χ1v) is 8.46. The van der Waals surface area contributed by atoms with Crippen LogP contribution >= 0.6 is 0 Å². The van der Waals surface area contributed by atoms with Crippen molar-refractivity contribution in [1.82, 2.24) is 10.2 Å². The maximum atomic E-state index is 12.9. The monoisotopic (exact) mass is 382 g/mol. The van der Waals surface area contributed by atoms with Crippen LogP contribution in [0.5, 0.6) is 0 Å². The Kier molecular flexibility index (Phi) is 4.83. The normalized spacial score (nSPS) is 18.7. The fourth-order valence-corrected chi connectivity index (χ4v) is 3.03.